The molecule has 162 valence electrons. The summed E-state index contributed by atoms with van der Waals surface area (Å²) in [6, 6.07) is 18.2. The fourth-order valence-electron chi connectivity index (χ4n) is 3.85. The number of furan rings is 1. The number of carbonyl (C=O) groups is 2. The van der Waals surface area contributed by atoms with Gasteiger partial charge in [-0.3, -0.25) is 9.59 Å². The quantitative estimate of drug-likeness (QED) is 0.547. The van der Waals surface area contributed by atoms with E-state index in [1.807, 2.05) is 37.2 Å². The largest absolute Gasteiger partial charge is 0.463 e. The van der Waals surface area contributed by atoms with Gasteiger partial charge in [0.05, 0.1) is 13.1 Å². The van der Waals surface area contributed by atoms with Crippen molar-refractivity contribution >= 4 is 24.1 Å². The third kappa shape index (κ3) is 5.24. The number of aryl methyl sites for hydroxylation is 1. The molecular formula is C25H27ClN2O3. The van der Waals surface area contributed by atoms with Crippen molar-refractivity contribution in [2.45, 2.75) is 25.9 Å². The number of amides is 1. The number of ketones is 1. The van der Waals surface area contributed by atoms with Gasteiger partial charge >= 0.3 is 0 Å². The van der Waals surface area contributed by atoms with Crippen molar-refractivity contribution in [3.8, 4) is 0 Å². The monoisotopic (exact) mass is 438 g/mol. The molecule has 0 spiro atoms. The third-order valence-electron chi connectivity index (χ3n) is 5.35. The second-order valence-electron chi connectivity index (χ2n) is 8.00. The molecule has 0 radical (unpaired) electrons. The molecule has 4 rings (SSSR count). The predicted molar refractivity (Wildman–Crippen MR) is 123 cm³/mol. The first-order valence-electron chi connectivity index (χ1n) is 10.3. The summed E-state index contributed by atoms with van der Waals surface area (Å²) in [5, 5.41) is 0. The van der Waals surface area contributed by atoms with E-state index in [9.17, 15) is 9.59 Å². The average molecular weight is 439 g/mol. The van der Waals surface area contributed by atoms with Gasteiger partial charge < -0.3 is 14.2 Å². The molecule has 1 amide bonds. The molecule has 2 heterocycles. The second kappa shape index (κ2) is 9.94. The molecule has 1 aromatic heterocycles. The molecule has 2 aromatic carbocycles. The van der Waals surface area contributed by atoms with Crippen LogP contribution in [0.5, 0.6) is 0 Å². The number of rotatable bonds is 5. The van der Waals surface area contributed by atoms with Crippen molar-refractivity contribution in [1.29, 1.82) is 0 Å². The highest BCUT2D eigenvalue weighted by atomic mass is 35.5. The summed E-state index contributed by atoms with van der Waals surface area (Å²) in [4.78, 5) is 29.6. The number of benzene rings is 2. The molecule has 0 fully saturated rings. The van der Waals surface area contributed by atoms with Crippen LogP contribution in [-0.2, 0) is 19.5 Å². The lowest BCUT2D eigenvalue weighted by atomic mass is 10.0. The molecule has 31 heavy (non-hydrogen) atoms. The van der Waals surface area contributed by atoms with Gasteiger partial charge in [-0.25, -0.2) is 0 Å². The van der Waals surface area contributed by atoms with Crippen LogP contribution in [0, 0.1) is 0 Å². The van der Waals surface area contributed by atoms with Gasteiger partial charge in [-0.15, -0.1) is 12.4 Å². The smallest absolute Gasteiger partial charge is 0.254 e. The van der Waals surface area contributed by atoms with Gasteiger partial charge in [-0.05, 0) is 50.7 Å². The summed E-state index contributed by atoms with van der Waals surface area (Å²) in [5.41, 5.74) is 3.01. The van der Waals surface area contributed by atoms with Crippen LogP contribution >= 0.6 is 12.4 Å². The number of hydrogen-bond acceptors (Lipinski definition) is 4. The SMILES string of the molecule is CN(C)Cc1cc2c(o1)CN(C(=O)c1ccc(C(=O)c3ccccc3)cc1)CCC2.Cl. The Balaban J connectivity index is 0.00000272. The Kier molecular flexibility index (Phi) is 7.31. The second-order valence-corrected chi connectivity index (χ2v) is 8.00. The Labute approximate surface area is 189 Å². The van der Waals surface area contributed by atoms with Crippen LogP contribution in [0.2, 0.25) is 0 Å². The van der Waals surface area contributed by atoms with Crippen molar-refractivity contribution in [3.63, 3.8) is 0 Å². The first-order chi connectivity index (χ1) is 14.5. The van der Waals surface area contributed by atoms with Crippen LogP contribution in [-0.4, -0.2) is 42.1 Å². The highest BCUT2D eigenvalue weighted by Gasteiger charge is 2.23. The molecule has 1 aliphatic rings. The van der Waals surface area contributed by atoms with E-state index in [0.29, 0.717) is 29.8 Å². The Morgan fingerprint density at radius 1 is 0.968 bits per heavy atom. The Morgan fingerprint density at radius 2 is 1.61 bits per heavy atom. The maximum Gasteiger partial charge on any atom is 0.254 e. The molecule has 0 saturated heterocycles. The molecule has 1 aliphatic heterocycles. The van der Waals surface area contributed by atoms with E-state index in [1.54, 1.807) is 36.4 Å². The fraction of sp³-hybridized carbons (Fsp3) is 0.280. The van der Waals surface area contributed by atoms with E-state index in [1.165, 1.54) is 5.56 Å². The highest BCUT2D eigenvalue weighted by molar-refractivity contribution is 6.09. The minimum Gasteiger partial charge on any atom is -0.463 e. The maximum absolute atomic E-state index is 13.1. The summed E-state index contributed by atoms with van der Waals surface area (Å²) < 4.78 is 6.03. The lowest BCUT2D eigenvalue weighted by Crippen LogP contribution is -2.30. The summed E-state index contributed by atoms with van der Waals surface area (Å²) in [6.45, 7) is 1.92. The topological polar surface area (TPSA) is 53.8 Å². The predicted octanol–water partition coefficient (Wildman–Crippen LogP) is 4.58. The third-order valence-corrected chi connectivity index (χ3v) is 5.35. The summed E-state index contributed by atoms with van der Waals surface area (Å²) in [6.07, 6.45) is 1.82. The zero-order chi connectivity index (χ0) is 21.1. The van der Waals surface area contributed by atoms with E-state index >= 15 is 0 Å². The molecule has 0 unspecified atom stereocenters. The minimum atomic E-state index is -0.0435. The van der Waals surface area contributed by atoms with Crippen molar-refractivity contribution in [2.24, 2.45) is 0 Å². The van der Waals surface area contributed by atoms with E-state index < -0.39 is 0 Å². The van der Waals surface area contributed by atoms with Gasteiger partial charge in [0, 0.05) is 23.2 Å². The number of halogens is 1. The molecule has 0 aliphatic carbocycles. The van der Waals surface area contributed by atoms with Crippen molar-refractivity contribution in [2.75, 3.05) is 20.6 Å². The number of fused-ring (bicyclic) bond motifs is 1. The van der Waals surface area contributed by atoms with E-state index in [0.717, 1.165) is 30.9 Å². The zero-order valence-electron chi connectivity index (χ0n) is 17.8. The van der Waals surface area contributed by atoms with Gasteiger partial charge in [-0.1, -0.05) is 42.5 Å². The van der Waals surface area contributed by atoms with Crippen molar-refractivity contribution in [3.05, 3.63) is 94.4 Å². The van der Waals surface area contributed by atoms with Crippen molar-refractivity contribution in [1.82, 2.24) is 9.80 Å². The summed E-state index contributed by atoms with van der Waals surface area (Å²) >= 11 is 0. The lowest BCUT2D eigenvalue weighted by Gasteiger charge is -2.20. The van der Waals surface area contributed by atoms with Gasteiger partial charge in [-0.2, -0.15) is 0 Å². The van der Waals surface area contributed by atoms with Crippen molar-refractivity contribution < 1.29 is 14.0 Å². The minimum absolute atomic E-state index is 0. The molecule has 5 nitrogen and oxygen atoms in total. The lowest BCUT2D eigenvalue weighted by molar-refractivity contribution is 0.0733. The Hall–Kier alpha value is -2.89. The first kappa shape index (κ1) is 22.8. The standard InChI is InChI=1S/C25H26N2O3.ClH/c1-26(2)16-22-15-21-9-6-14-27(17-23(21)30-22)25(29)20-12-10-19(11-13-20)24(28)18-7-4-3-5-8-18;/h3-5,7-8,10-13,15H,6,9,14,16-17H2,1-2H3;1H. The molecule has 0 saturated carbocycles. The number of hydrogen-bond donors (Lipinski definition) is 0. The van der Waals surface area contributed by atoms with Gasteiger partial charge in [0.25, 0.3) is 5.91 Å². The molecule has 0 atom stereocenters. The van der Waals surface area contributed by atoms with Crippen LogP contribution in [0.15, 0.2) is 65.1 Å². The molecular weight excluding hydrogens is 412 g/mol. The van der Waals surface area contributed by atoms with Crippen LogP contribution in [0.25, 0.3) is 0 Å². The first-order valence-corrected chi connectivity index (χ1v) is 10.3. The normalized spacial score (nSPS) is 13.3. The number of nitrogens with zero attached hydrogens (tertiary/aromatic N) is 2. The summed E-state index contributed by atoms with van der Waals surface area (Å²) in [7, 11) is 4.02. The molecule has 0 bridgehead atoms. The van der Waals surface area contributed by atoms with E-state index in [4.69, 9.17) is 4.42 Å². The number of carbonyl (C=O) groups excluding carboxylic acids is 2. The van der Waals surface area contributed by atoms with Gasteiger partial charge in [0.2, 0.25) is 0 Å². The zero-order valence-corrected chi connectivity index (χ0v) is 18.7. The van der Waals surface area contributed by atoms with Crippen LogP contribution in [0.4, 0.5) is 0 Å². The molecule has 6 heteroatoms. The van der Waals surface area contributed by atoms with Crippen LogP contribution in [0.1, 0.15) is 49.8 Å². The Bertz CT molecular complexity index is 1040. The van der Waals surface area contributed by atoms with Crippen LogP contribution in [0.3, 0.4) is 0 Å². The fourth-order valence-corrected chi connectivity index (χ4v) is 3.85. The highest BCUT2D eigenvalue weighted by Crippen LogP contribution is 2.24. The van der Waals surface area contributed by atoms with E-state index in [2.05, 4.69) is 11.0 Å². The molecule has 0 N–H and O–H groups in total. The molecule has 3 aromatic rings. The Morgan fingerprint density at radius 3 is 2.29 bits per heavy atom. The van der Waals surface area contributed by atoms with E-state index in [-0.39, 0.29) is 24.1 Å². The summed E-state index contributed by atoms with van der Waals surface area (Å²) in [5.74, 6) is 1.74. The maximum atomic E-state index is 13.1. The van der Waals surface area contributed by atoms with Gasteiger partial charge in [0.1, 0.15) is 11.5 Å². The average Bonchev–Trinajstić information content (AvgIpc) is 3.01. The van der Waals surface area contributed by atoms with Gasteiger partial charge in [0.15, 0.2) is 5.78 Å². The van der Waals surface area contributed by atoms with Crippen LogP contribution < -0.4 is 0 Å².